The Bertz CT molecular complexity index is 83.3. The van der Waals surface area contributed by atoms with Gasteiger partial charge in [-0.15, -0.1) is 0 Å². The summed E-state index contributed by atoms with van der Waals surface area (Å²) in [5.74, 6) is 1.68. The van der Waals surface area contributed by atoms with Gasteiger partial charge >= 0.3 is 75.7 Å². The maximum atomic E-state index is 2.48. The van der Waals surface area contributed by atoms with Crippen LogP contribution >= 0.6 is 0 Å². The Labute approximate surface area is 75.8 Å². The molecule has 0 amide bonds. The summed E-state index contributed by atoms with van der Waals surface area (Å²) >= 11 is 0.319. The molecule has 0 heterocycles. The predicted octanol–water partition coefficient (Wildman–Crippen LogP) is -1.16. The van der Waals surface area contributed by atoms with Crippen molar-refractivity contribution in [2.24, 2.45) is 11.8 Å². The van der Waals surface area contributed by atoms with Crippen molar-refractivity contribution in [1.82, 2.24) is 3.11 Å². The number of hydrogen-bond acceptors (Lipinski definition) is 1. The zero-order valence-electron chi connectivity index (χ0n) is 7.69. The predicted molar refractivity (Wildman–Crippen MR) is 42.6 cm³/mol. The van der Waals surface area contributed by atoms with Gasteiger partial charge in [0.1, 0.15) is 0 Å². The Hall–Kier alpha value is 0.690. The van der Waals surface area contributed by atoms with Crippen LogP contribution in [0.2, 0.25) is 0 Å². The fourth-order valence-corrected chi connectivity index (χ4v) is 1.69. The van der Waals surface area contributed by atoms with Crippen LogP contribution in [0.25, 0.3) is 0 Å². The Morgan fingerprint density at radius 2 is 1.80 bits per heavy atom. The molecule has 0 N–H and O–H groups in total. The van der Waals surface area contributed by atoms with Crippen LogP contribution < -0.4 is 21.5 Å². The van der Waals surface area contributed by atoms with Crippen molar-refractivity contribution in [2.75, 3.05) is 18.5 Å². The van der Waals surface area contributed by atoms with Gasteiger partial charge in [0.05, 0.1) is 0 Å². The molecule has 0 aliphatic rings. The normalized spacial score (nSPS) is 15.1. The van der Waals surface area contributed by atoms with E-state index in [1.54, 1.807) is 0 Å². The van der Waals surface area contributed by atoms with E-state index >= 15 is 0 Å². The minimum atomic E-state index is 0.319. The Kier molecular flexibility index (Phi) is 5.72. The van der Waals surface area contributed by atoms with Crippen LogP contribution in [0.4, 0.5) is 0 Å². The van der Waals surface area contributed by atoms with Gasteiger partial charge in [-0.05, 0) is 0 Å². The summed E-state index contributed by atoms with van der Waals surface area (Å²) < 4.78 is 2.48. The standard InChI is InChI=1S/C8H19IN/c1-7(2)8(3)6-10(5)9-4/h7-8H,6H2,1-5H3/q-1. The van der Waals surface area contributed by atoms with Crippen LogP contribution in [-0.2, 0) is 0 Å². The van der Waals surface area contributed by atoms with Crippen molar-refractivity contribution in [3.63, 3.8) is 0 Å². The summed E-state index contributed by atoms with van der Waals surface area (Å²) in [6.45, 7) is 8.21. The van der Waals surface area contributed by atoms with Crippen molar-refractivity contribution in [2.45, 2.75) is 20.8 Å². The molecule has 1 atom stereocenters. The van der Waals surface area contributed by atoms with Gasteiger partial charge in [0.15, 0.2) is 0 Å². The van der Waals surface area contributed by atoms with E-state index in [4.69, 9.17) is 0 Å². The average molecular weight is 256 g/mol. The second kappa shape index (κ2) is 5.35. The Morgan fingerprint density at radius 3 is 2.10 bits per heavy atom. The summed E-state index contributed by atoms with van der Waals surface area (Å²) in [5.41, 5.74) is 0. The molecule has 0 aliphatic heterocycles. The van der Waals surface area contributed by atoms with Crippen LogP contribution in [0.1, 0.15) is 20.8 Å². The second-order valence-electron chi connectivity index (χ2n) is 3.18. The van der Waals surface area contributed by atoms with Crippen molar-refractivity contribution in [1.29, 1.82) is 0 Å². The number of hydrogen-bond donors (Lipinski definition) is 0. The van der Waals surface area contributed by atoms with Crippen molar-refractivity contribution >= 4 is 0 Å². The number of nitrogens with zero attached hydrogens (tertiary/aromatic N) is 1. The van der Waals surface area contributed by atoms with E-state index in [1.165, 1.54) is 6.54 Å². The zero-order chi connectivity index (χ0) is 8.15. The molecule has 0 aromatic carbocycles. The molecule has 0 aromatic heterocycles. The maximum absolute atomic E-state index is 2.48. The average Bonchev–Trinajstić information content (AvgIpc) is 1.87. The SMILES string of the molecule is C[I-]N(C)CC(C)C(C)C. The van der Waals surface area contributed by atoms with E-state index < -0.39 is 0 Å². The van der Waals surface area contributed by atoms with Gasteiger partial charge in [-0.2, -0.15) is 0 Å². The van der Waals surface area contributed by atoms with Gasteiger partial charge in [0.2, 0.25) is 0 Å². The summed E-state index contributed by atoms with van der Waals surface area (Å²) in [6.07, 6.45) is 0. The summed E-state index contributed by atoms with van der Waals surface area (Å²) in [4.78, 5) is 2.31. The molecule has 0 saturated heterocycles. The van der Waals surface area contributed by atoms with Crippen molar-refractivity contribution < 1.29 is 21.5 Å². The third-order valence-electron chi connectivity index (χ3n) is 1.97. The van der Waals surface area contributed by atoms with Crippen LogP contribution in [0.3, 0.4) is 0 Å². The van der Waals surface area contributed by atoms with Gasteiger partial charge in [-0.25, -0.2) is 0 Å². The summed E-state index contributed by atoms with van der Waals surface area (Å²) in [6, 6.07) is 0. The summed E-state index contributed by atoms with van der Waals surface area (Å²) in [7, 11) is 2.23. The van der Waals surface area contributed by atoms with Crippen LogP contribution in [-0.4, -0.2) is 21.6 Å². The molecule has 0 bridgehead atoms. The van der Waals surface area contributed by atoms with Crippen LogP contribution in [0.5, 0.6) is 0 Å². The van der Waals surface area contributed by atoms with Crippen molar-refractivity contribution in [3.8, 4) is 0 Å². The first-order chi connectivity index (χ1) is 4.57. The first-order valence-corrected chi connectivity index (χ1v) is 6.91. The molecule has 64 valence electrons. The van der Waals surface area contributed by atoms with E-state index in [0.29, 0.717) is 21.5 Å². The van der Waals surface area contributed by atoms with Crippen molar-refractivity contribution in [3.05, 3.63) is 0 Å². The molecule has 0 spiro atoms. The minimum absolute atomic E-state index is 0.319. The molecule has 0 aromatic rings. The van der Waals surface area contributed by atoms with E-state index in [1.807, 2.05) is 0 Å². The third-order valence-corrected chi connectivity index (χ3v) is 4.01. The van der Waals surface area contributed by atoms with E-state index in [0.717, 1.165) is 11.8 Å². The Morgan fingerprint density at radius 1 is 1.30 bits per heavy atom. The molecule has 0 radical (unpaired) electrons. The first-order valence-electron chi connectivity index (χ1n) is 3.78. The third kappa shape index (κ3) is 4.50. The molecule has 0 rings (SSSR count). The monoisotopic (exact) mass is 256 g/mol. The van der Waals surface area contributed by atoms with Gasteiger partial charge in [0, 0.05) is 0 Å². The van der Waals surface area contributed by atoms with E-state index in [-0.39, 0.29) is 0 Å². The van der Waals surface area contributed by atoms with Gasteiger partial charge in [-0.1, -0.05) is 0 Å². The zero-order valence-corrected chi connectivity index (χ0v) is 9.84. The van der Waals surface area contributed by atoms with E-state index in [2.05, 4.69) is 35.9 Å². The molecule has 1 nitrogen and oxygen atoms in total. The molecule has 0 aliphatic carbocycles. The molecule has 1 unspecified atom stereocenters. The van der Waals surface area contributed by atoms with Crippen LogP contribution in [0.15, 0.2) is 0 Å². The fourth-order valence-electron chi connectivity index (χ4n) is 0.677. The quantitative estimate of drug-likeness (QED) is 0.348. The first kappa shape index (κ1) is 10.7. The number of rotatable bonds is 4. The van der Waals surface area contributed by atoms with E-state index in [9.17, 15) is 0 Å². The molecule has 0 fully saturated rings. The van der Waals surface area contributed by atoms with Gasteiger partial charge < -0.3 is 0 Å². The van der Waals surface area contributed by atoms with Gasteiger partial charge in [-0.3, -0.25) is 0 Å². The molecule has 0 saturated carbocycles. The molecule has 2 heteroatoms. The Balaban J connectivity index is 3.46. The number of alkyl halides is 1. The van der Waals surface area contributed by atoms with Gasteiger partial charge in [0.25, 0.3) is 0 Å². The molecular weight excluding hydrogens is 237 g/mol. The van der Waals surface area contributed by atoms with Crippen LogP contribution in [0, 0.1) is 11.8 Å². The molecule has 10 heavy (non-hydrogen) atoms. The molecular formula is C8H19IN-. The second-order valence-corrected chi connectivity index (χ2v) is 5.79. The number of halogens is 1. The fraction of sp³-hybridized carbons (Fsp3) is 1.00. The summed E-state index contributed by atoms with van der Waals surface area (Å²) in [5, 5.41) is 0. The topological polar surface area (TPSA) is 3.24 Å².